The molecule has 0 bridgehead atoms. The predicted molar refractivity (Wildman–Crippen MR) is 97.8 cm³/mol. The maximum absolute atomic E-state index is 12.3. The Kier molecular flexibility index (Phi) is 5.01. The van der Waals surface area contributed by atoms with Crippen LogP contribution >= 0.6 is 0 Å². The Labute approximate surface area is 148 Å². The molecule has 1 N–H and O–H groups in total. The zero-order valence-electron chi connectivity index (χ0n) is 13.8. The van der Waals surface area contributed by atoms with Gasteiger partial charge in [0.2, 0.25) is 15.9 Å². The first-order valence-corrected chi connectivity index (χ1v) is 9.57. The number of fused-ring (bicyclic) bond motifs is 1. The quantitative estimate of drug-likeness (QED) is 0.809. The highest BCUT2D eigenvalue weighted by Gasteiger charge is 2.23. The number of hydrogen-bond donors (Lipinski definition) is 1. The lowest BCUT2D eigenvalue weighted by Crippen LogP contribution is -2.35. The Morgan fingerprint density at radius 1 is 1.12 bits per heavy atom. The third kappa shape index (κ3) is 3.81. The van der Waals surface area contributed by atoms with Gasteiger partial charge in [-0.15, -0.1) is 6.58 Å². The number of anilines is 1. The topological polar surface area (TPSA) is 66.5 Å². The first-order chi connectivity index (χ1) is 12.0. The number of hydrogen-bond acceptors (Lipinski definition) is 3. The van der Waals surface area contributed by atoms with Crippen molar-refractivity contribution in [2.45, 2.75) is 24.3 Å². The molecular weight excluding hydrogens is 336 g/mol. The summed E-state index contributed by atoms with van der Waals surface area (Å²) in [5.74, 6) is 0.0879. The summed E-state index contributed by atoms with van der Waals surface area (Å²) in [4.78, 5) is 14.0. The van der Waals surface area contributed by atoms with Crippen molar-refractivity contribution in [1.29, 1.82) is 0 Å². The van der Waals surface area contributed by atoms with E-state index in [9.17, 15) is 13.2 Å². The molecule has 1 aliphatic heterocycles. The van der Waals surface area contributed by atoms with Crippen molar-refractivity contribution in [3.8, 4) is 0 Å². The maximum atomic E-state index is 12.3. The van der Waals surface area contributed by atoms with Crippen molar-refractivity contribution in [2.75, 3.05) is 11.4 Å². The number of benzene rings is 2. The molecule has 2 aromatic rings. The predicted octanol–water partition coefficient (Wildman–Crippen LogP) is 2.63. The molecule has 0 saturated heterocycles. The van der Waals surface area contributed by atoms with Crippen molar-refractivity contribution in [3.05, 3.63) is 72.3 Å². The van der Waals surface area contributed by atoms with Crippen molar-refractivity contribution in [3.63, 3.8) is 0 Å². The molecular formula is C19H20N2O3S. The van der Waals surface area contributed by atoms with Crippen LogP contribution in [0.3, 0.4) is 0 Å². The van der Waals surface area contributed by atoms with Gasteiger partial charge in [-0.1, -0.05) is 36.4 Å². The number of amides is 1. The summed E-state index contributed by atoms with van der Waals surface area (Å²) in [7, 11) is -3.54. The highest BCUT2D eigenvalue weighted by molar-refractivity contribution is 7.89. The molecule has 130 valence electrons. The van der Waals surface area contributed by atoms with Gasteiger partial charge in [-0.05, 0) is 35.7 Å². The average Bonchev–Trinajstić information content (AvgIpc) is 2.63. The lowest BCUT2D eigenvalue weighted by atomic mass is 9.98. The Morgan fingerprint density at radius 2 is 1.88 bits per heavy atom. The summed E-state index contributed by atoms with van der Waals surface area (Å²) in [6.45, 7) is 4.38. The second-order valence-electron chi connectivity index (χ2n) is 5.89. The Bertz CT molecular complexity index is 892. The maximum Gasteiger partial charge on any atom is 0.240 e. The molecule has 1 amide bonds. The van der Waals surface area contributed by atoms with E-state index >= 15 is 0 Å². The van der Waals surface area contributed by atoms with E-state index in [0.717, 1.165) is 16.8 Å². The average molecular weight is 356 g/mol. The molecule has 0 aliphatic carbocycles. The fourth-order valence-corrected chi connectivity index (χ4v) is 3.95. The second-order valence-corrected chi connectivity index (χ2v) is 7.66. The standard InChI is InChI=1S/C19H20N2O3S/c1-2-12-21-18-10-8-15(13-16(18)9-11-19(21)22)14-20-25(23,24)17-6-4-3-5-7-17/h2-8,10,13,20H,1,9,11-12,14H2. The molecule has 0 atom stereocenters. The Morgan fingerprint density at radius 3 is 2.60 bits per heavy atom. The first-order valence-electron chi connectivity index (χ1n) is 8.09. The second kappa shape index (κ2) is 7.21. The molecule has 3 rings (SSSR count). The molecule has 2 aromatic carbocycles. The molecule has 0 aromatic heterocycles. The van der Waals surface area contributed by atoms with Crippen LogP contribution in [0.25, 0.3) is 0 Å². The molecule has 0 unspecified atom stereocenters. The monoisotopic (exact) mass is 356 g/mol. The minimum Gasteiger partial charge on any atom is -0.308 e. The van der Waals surface area contributed by atoms with E-state index in [2.05, 4.69) is 11.3 Å². The smallest absolute Gasteiger partial charge is 0.240 e. The van der Waals surface area contributed by atoms with Gasteiger partial charge >= 0.3 is 0 Å². The van der Waals surface area contributed by atoms with Gasteiger partial charge in [-0.2, -0.15) is 0 Å². The molecule has 0 fully saturated rings. The van der Waals surface area contributed by atoms with Crippen molar-refractivity contribution in [2.24, 2.45) is 0 Å². The zero-order chi connectivity index (χ0) is 17.9. The van der Waals surface area contributed by atoms with Crippen molar-refractivity contribution >= 4 is 21.6 Å². The Hall–Kier alpha value is -2.44. The van der Waals surface area contributed by atoms with Crippen LogP contribution in [0.2, 0.25) is 0 Å². The van der Waals surface area contributed by atoms with Gasteiger partial charge in [0.05, 0.1) is 4.90 Å². The summed E-state index contributed by atoms with van der Waals surface area (Å²) < 4.78 is 27.2. The third-order valence-electron chi connectivity index (χ3n) is 4.18. The molecule has 1 aliphatic rings. The van der Waals surface area contributed by atoms with Crippen LogP contribution in [0.1, 0.15) is 17.5 Å². The summed E-state index contributed by atoms with van der Waals surface area (Å²) in [6.07, 6.45) is 2.83. The van der Waals surface area contributed by atoms with Crippen molar-refractivity contribution in [1.82, 2.24) is 4.72 Å². The first kappa shape index (κ1) is 17.4. The van der Waals surface area contributed by atoms with Gasteiger partial charge in [0.25, 0.3) is 0 Å². The van der Waals surface area contributed by atoms with E-state index in [0.29, 0.717) is 19.4 Å². The molecule has 0 spiro atoms. The van der Waals surface area contributed by atoms with E-state index in [-0.39, 0.29) is 17.3 Å². The fourth-order valence-electron chi connectivity index (χ4n) is 2.91. The van der Waals surface area contributed by atoms with Gasteiger partial charge < -0.3 is 4.90 Å². The summed E-state index contributed by atoms with van der Waals surface area (Å²) >= 11 is 0. The third-order valence-corrected chi connectivity index (χ3v) is 5.59. The SMILES string of the molecule is C=CCN1C(=O)CCc2cc(CNS(=O)(=O)c3ccccc3)ccc21. The number of rotatable bonds is 6. The number of carbonyl (C=O) groups is 1. The number of sulfonamides is 1. The van der Waals surface area contributed by atoms with Crippen LogP contribution < -0.4 is 9.62 Å². The lowest BCUT2D eigenvalue weighted by Gasteiger charge is -2.29. The van der Waals surface area contributed by atoms with Crippen molar-refractivity contribution < 1.29 is 13.2 Å². The Balaban J connectivity index is 1.77. The van der Waals surface area contributed by atoms with E-state index < -0.39 is 10.0 Å². The fraction of sp³-hybridized carbons (Fsp3) is 0.211. The molecule has 1 heterocycles. The number of aryl methyl sites for hydroxylation is 1. The van der Waals surface area contributed by atoms with Crippen LogP contribution in [-0.2, 0) is 27.8 Å². The molecule has 0 saturated carbocycles. The number of nitrogens with zero attached hydrogens (tertiary/aromatic N) is 1. The summed E-state index contributed by atoms with van der Waals surface area (Å²) in [5.41, 5.74) is 2.80. The van der Waals surface area contributed by atoms with E-state index in [1.165, 1.54) is 0 Å². The highest BCUT2D eigenvalue weighted by atomic mass is 32.2. The lowest BCUT2D eigenvalue weighted by molar-refractivity contribution is -0.118. The number of carbonyl (C=O) groups excluding carboxylic acids is 1. The molecule has 25 heavy (non-hydrogen) atoms. The highest BCUT2D eigenvalue weighted by Crippen LogP contribution is 2.28. The van der Waals surface area contributed by atoms with Gasteiger partial charge in [0, 0.05) is 25.2 Å². The van der Waals surface area contributed by atoms with Gasteiger partial charge in [-0.25, -0.2) is 13.1 Å². The van der Waals surface area contributed by atoms with Gasteiger partial charge in [0.15, 0.2) is 0 Å². The van der Waals surface area contributed by atoms with Crippen LogP contribution in [0, 0.1) is 0 Å². The van der Waals surface area contributed by atoms with E-state index in [4.69, 9.17) is 0 Å². The number of nitrogens with one attached hydrogen (secondary N) is 1. The van der Waals surface area contributed by atoms with Crippen LogP contribution in [0.4, 0.5) is 5.69 Å². The van der Waals surface area contributed by atoms with Crippen LogP contribution in [0.5, 0.6) is 0 Å². The molecule has 0 radical (unpaired) electrons. The normalized spacial score (nSPS) is 14.2. The minimum atomic E-state index is -3.54. The van der Waals surface area contributed by atoms with Gasteiger partial charge in [0.1, 0.15) is 0 Å². The van der Waals surface area contributed by atoms with E-state index in [1.54, 1.807) is 41.3 Å². The van der Waals surface area contributed by atoms with E-state index in [1.807, 2.05) is 18.2 Å². The minimum absolute atomic E-state index is 0.0879. The molecule has 6 heteroatoms. The summed E-state index contributed by atoms with van der Waals surface area (Å²) in [6, 6.07) is 14.0. The van der Waals surface area contributed by atoms with Gasteiger partial charge in [-0.3, -0.25) is 4.79 Å². The summed E-state index contributed by atoms with van der Waals surface area (Å²) in [5, 5.41) is 0. The largest absolute Gasteiger partial charge is 0.308 e. The van der Waals surface area contributed by atoms with Crippen LogP contribution in [0.15, 0.2) is 66.1 Å². The zero-order valence-corrected chi connectivity index (χ0v) is 14.6. The molecule has 5 nitrogen and oxygen atoms in total. The van der Waals surface area contributed by atoms with Crippen LogP contribution in [-0.4, -0.2) is 20.9 Å².